The molecule has 0 spiro atoms. The highest BCUT2D eigenvalue weighted by Crippen LogP contribution is 2.19. The number of likely N-dealkylation sites (tertiary alicyclic amines) is 1. The Balaban J connectivity index is 1.34. The molecule has 0 bridgehead atoms. The van der Waals surface area contributed by atoms with Crippen LogP contribution in [0.1, 0.15) is 12.8 Å². The Morgan fingerprint density at radius 2 is 1.73 bits per heavy atom. The lowest BCUT2D eigenvalue weighted by Crippen LogP contribution is -2.49. The average Bonchev–Trinajstić information content (AvgIpc) is 2.72. The van der Waals surface area contributed by atoms with Crippen LogP contribution in [0.25, 0.3) is 0 Å². The molecule has 1 aromatic rings. The average molecular weight is 361 g/mol. The van der Waals surface area contributed by atoms with Crippen LogP contribution in [0, 0.1) is 5.92 Å². The summed E-state index contributed by atoms with van der Waals surface area (Å²) in [5.74, 6) is 0.489. The van der Waals surface area contributed by atoms with E-state index in [9.17, 15) is 4.79 Å². The number of anilines is 1. The topological polar surface area (TPSA) is 45.3 Å². The molecule has 0 aromatic heterocycles. The standard InChI is InChI=1S/C20H31N3O3/c1-25-16-15-21-9-7-18(8-10-21)17-26-20(24)23-13-11-22(12-14-23)19-5-3-2-4-6-19/h2-6,18H,7-17H2,1H3. The van der Waals surface area contributed by atoms with Gasteiger partial charge in [-0.2, -0.15) is 0 Å². The monoisotopic (exact) mass is 361 g/mol. The van der Waals surface area contributed by atoms with Gasteiger partial charge in [0.15, 0.2) is 0 Å². The molecular weight excluding hydrogens is 330 g/mol. The first-order valence-electron chi connectivity index (χ1n) is 9.69. The van der Waals surface area contributed by atoms with E-state index in [1.165, 1.54) is 5.69 Å². The summed E-state index contributed by atoms with van der Waals surface area (Å²) in [7, 11) is 1.74. The molecule has 0 radical (unpaired) electrons. The molecule has 0 N–H and O–H groups in total. The minimum atomic E-state index is -0.153. The maximum absolute atomic E-state index is 12.3. The van der Waals surface area contributed by atoms with Crippen LogP contribution in [0.2, 0.25) is 0 Å². The van der Waals surface area contributed by atoms with Gasteiger partial charge in [0, 0.05) is 45.5 Å². The van der Waals surface area contributed by atoms with Crippen LogP contribution in [-0.2, 0) is 9.47 Å². The molecule has 0 unspecified atom stereocenters. The highest BCUT2D eigenvalue weighted by Gasteiger charge is 2.24. The zero-order chi connectivity index (χ0) is 18.2. The fourth-order valence-corrected chi connectivity index (χ4v) is 3.66. The second kappa shape index (κ2) is 9.78. The van der Waals surface area contributed by atoms with Crippen LogP contribution in [0.15, 0.2) is 30.3 Å². The quantitative estimate of drug-likeness (QED) is 0.778. The number of carbonyl (C=O) groups excluding carboxylic acids is 1. The van der Waals surface area contributed by atoms with E-state index in [2.05, 4.69) is 34.1 Å². The first kappa shape index (κ1) is 19.0. The van der Waals surface area contributed by atoms with Crippen molar-refractivity contribution < 1.29 is 14.3 Å². The molecule has 1 aromatic carbocycles. The molecule has 2 heterocycles. The van der Waals surface area contributed by atoms with Crippen LogP contribution < -0.4 is 4.90 Å². The predicted molar refractivity (Wildman–Crippen MR) is 103 cm³/mol. The second-order valence-corrected chi connectivity index (χ2v) is 7.16. The van der Waals surface area contributed by atoms with E-state index in [4.69, 9.17) is 9.47 Å². The van der Waals surface area contributed by atoms with Gasteiger partial charge in [0.2, 0.25) is 0 Å². The van der Waals surface area contributed by atoms with Crippen molar-refractivity contribution in [2.24, 2.45) is 5.92 Å². The molecule has 1 amide bonds. The van der Waals surface area contributed by atoms with Crippen molar-refractivity contribution in [2.75, 3.05) is 71.0 Å². The van der Waals surface area contributed by atoms with Crippen LogP contribution in [-0.4, -0.2) is 82.0 Å². The van der Waals surface area contributed by atoms with Gasteiger partial charge < -0.3 is 24.2 Å². The van der Waals surface area contributed by atoms with Gasteiger partial charge in [0.1, 0.15) is 0 Å². The molecule has 3 rings (SSSR count). The SMILES string of the molecule is COCCN1CCC(COC(=O)N2CCN(c3ccccc3)CC2)CC1. The fraction of sp³-hybridized carbons (Fsp3) is 0.650. The number of hydrogen-bond acceptors (Lipinski definition) is 5. The zero-order valence-corrected chi connectivity index (χ0v) is 15.8. The Bertz CT molecular complexity index is 538. The van der Waals surface area contributed by atoms with Crippen molar-refractivity contribution >= 4 is 11.8 Å². The molecule has 2 aliphatic rings. The summed E-state index contributed by atoms with van der Waals surface area (Å²) in [6.07, 6.45) is 2.04. The van der Waals surface area contributed by atoms with Crippen molar-refractivity contribution in [3.63, 3.8) is 0 Å². The van der Waals surface area contributed by atoms with Crippen LogP contribution in [0.3, 0.4) is 0 Å². The van der Waals surface area contributed by atoms with E-state index in [1.807, 2.05) is 11.0 Å². The Kier molecular flexibility index (Phi) is 7.14. The number of piperazine rings is 1. The summed E-state index contributed by atoms with van der Waals surface area (Å²) in [4.78, 5) is 18.9. The largest absolute Gasteiger partial charge is 0.449 e. The molecule has 144 valence electrons. The molecule has 0 saturated carbocycles. The third-order valence-electron chi connectivity index (χ3n) is 5.42. The van der Waals surface area contributed by atoms with Crippen molar-refractivity contribution in [1.29, 1.82) is 0 Å². The fourth-order valence-electron chi connectivity index (χ4n) is 3.66. The number of para-hydroxylation sites is 1. The lowest BCUT2D eigenvalue weighted by atomic mass is 9.98. The zero-order valence-electron chi connectivity index (χ0n) is 15.8. The third kappa shape index (κ3) is 5.35. The summed E-state index contributed by atoms with van der Waals surface area (Å²) in [5, 5.41) is 0. The van der Waals surface area contributed by atoms with Gasteiger partial charge in [-0.05, 0) is 44.0 Å². The Hall–Kier alpha value is -1.79. The molecule has 2 saturated heterocycles. The summed E-state index contributed by atoms with van der Waals surface area (Å²) < 4.78 is 10.7. The van der Waals surface area contributed by atoms with E-state index in [1.54, 1.807) is 7.11 Å². The van der Waals surface area contributed by atoms with Gasteiger partial charge in [-0.15, -0.1) is 0 Å². The number of nitrogens with zero attached hydrogens (tertiary/aromatic N) is 3. The minimum absolute atomic E-state index is 0.153. The highest BCUT2D eigenvalue weighted by atomic mass is 16.6. The third-order valence-corrected chi connectivity index (χ3v) is 5.42. The van der Waals surface area contributed by atoms with Gasteiger partial charge >= 0.3 is 6.09 Å². The molecule has 0 aliphatic carbocycles. The Morgan fingerprint density at radius 3 is 2.38 bits per heavy atom. The number of rotatable bonds is 6. The summed E-state index contributed by atoms with van der Waals surface area (Å²) >= 11 is 0. The Morgan fingerprint density at radius 1 is 1.04 bits per heavy atom. The molecule has 6 heteroatoms. The maximum atomic E-state index is 12.3. The van der Waals surface area contributed by atoms with Gasteiger partial charge in [0.05, 0.1) is 13.2 Å². The number of hydrogen-bond donors (Lipinski definition) is 0. The minimum Gasteiger partial charge on any atom is -0.449 e. The van der Waals surface area contributed by atoms with Gasteiger partial charge in [-0.3, -0.25) is 0 Å². The van der Waals surface area contributed by atoms with Crippen LogP contribution in [0.4, 0.5) is 10.5 Å². The number of methoxy groups -OCH3 is 1. The molecule has 2 fully saturated rings. The lowest BCUT2D eigenvalue weighted by molar-refractivity contribution is 0.0628. The van der Waals surface area contributed by atoms with E-state index in [0.29, 0.717) is 12.5 Å². The Labute approximate surface area is 156 Å². The number of piperidine rings is 1. The second-order valence-electron chi connectivity index (χ2n) is 7.16. The maximum Gasteiger partial charge on any atom is 0.409 e. The van der Waals surface area contributed by atoms with E-state index in [0.717, 1.165) is 65.3 Å². The van der Waals surface area contributed by atoms with Crippen molar-refractivity contribution in [1.82, 2.24) is 9.80 Å². The summed E-state index contributed by atoms with van der Waals surface area (Å²) in [5.41, 5.74) is 1.22. The van der Waals surface area contributed by atoms with Crippen molar-refractivity contribution in [2.45, 2.75) is 12.8 Å². The first-order valence-corrected chi connectivity index (χ1v) is 9.69. The lowest BCUT2D eigenvalue weighted by Gasteiger charge is -2.36. The molecule has 2 aliphatic heterocycles. The number of carbonyl (C=O) groups is 1. The molecule has 6 nitrogen and oxygen atoms in total. The molecule has 0 atom stereocenters. The van der Waals surface area contributed by atoms with Crippen LogP contribution in [0.5, 0.6) is 0 Å². The normalized spacial score (nSPS) is 19.6. The van der Waals surface area contributed by atoms with E-state index < -0.39 is 0 Å². The van der Waals surface area contributed by atoms with Crippen LogP contribution >= 0.6 is 0 Å². The van der Waals surface area contributed by atoms with Crippen molar-refractivity contribution in [3.8, 4) is 0 Å². The van der Waals surface area contributed by atoms with E-state index in [-0.39, 0.29) is 6.09 Å². The molecule has 26 heavy (non-hydrogen) atoms. The van der Waals surface area contributed by atoms with Gasteiger partial charge in [0.25, 0.3) is 0 Å². The van der Waals surface area contributed by atoms with Crippen molar-refractivity contribution in [3.05, 3.63) is 30.3 Å². The van der Waals surface area contributed by atoms with E-state index >= 15 is 0 Å². The predicted octanol–water partition coefficient (Wildman–Crippen LogP) is 2.30. The summed E-state index contributed by atoms with van der Waals surface area (Å²) in [6, 6.07) is 10.4. The highest BCUT2D eigenvalue weighted by molar-refractivity contribution is 5.68. The number of benzene rings is 1. The smallest absolute Gasteiger partial charge is 0.409 e. The van der Waals surface area contributed by atoms with Gasteiger partial charge in [-0.1, -0.05) is 18.2 Å². The number of amides is 1. The number of ether oxygens (including phenoxy) is 2. The van der Waals surface area contributed by atoms with Gasteiger partial charge in [-0.25, -0.2) is 4.79 Å². The summed E-state index contributed by atoms with van der Waals surface area (Å²) in [6.45, 7) is 7.64. The first-order chi connectivity index (χ1) is 12.8. The molecular formula is C20H31N3O3.